The molecule has 3 rings (SSSR count). The Kier molecular flexibility index (Phi) is 6.82. The zero-order chi connectivity index (χ0) is 21.0. The Morgan fingerprint density at radius 1 is 1.07 bits per heavy atom. The van der Waals surface area contributed by atoms with Gasteiger partial charge in [0.05, 0.1) is 23.9 Å². The third kappa shape index (κ3) is 5.10. The number of fused-ring (bicyclic) bond motifs is 1. The smallest absolute Gasteiger partial charge is 0.295 e. The molecule has 7 nitrogen and oxygen atoms in total. The highest BCUT2D eigenvalue weighted by atomic mass is 35.5. The lowest BCUT2D eigenvalue weighted by Gasteiger charge is -2.15. The van der Waals surface area contributed by atoms with Crippen molar-refractivity contribution in [1.29, 1.82) is 0 Å². The van der Waals surface area contributed by atoms with Crippen molar-refractivity contribution in [2.45, 2.75) is 39.8 Å². The summed E-state index contributed by atoms with van der Waals surface area (Å²) < 4.78 is 22.3. The fourth-order valence-corrected chi connectivity index (χ4v) is 3.00. The van der Waals surface area contributed by atoms with Crippen molar-refractivity contribution in [3.63, 3.8) is 0 Å². The largest absolute Gasteiger partial charge is 0.490 e. The van der Waals surface area contributed by atoms with E-state index in [-0.39, 0.29) is 12.1 Å². The second kappa shape index (κ2) is 9.33. The molecule has 29 heavy (non-hydrogen) atoms. The molecule has 0 unspecified atom stereocenters. The molecule has 0 atom stereocenters. The number of rotatable bonds is 9. The van der Waals surface area contributed by atoms with Crippen molar-refractivity contribution in [2.75, 3.05) is 25.6 Å². The molecular formula is C21H26ClN3O4. The molecule has 0 fully saturated rings. The van der Waals surface area contributed by atoms with Crippen molar-refractivity contribution in [1.82, 2.24) is 9.97 Å². The zero-order valence-electron chi connectivity index (χ0n) is 17.3. The van der Waals surface area contributed by atoms with E-state index in [1.54, 1.807) is 13.4 Å². The molecule has 1 aromatic carbocycles. The van der Waals surface area contributed by atoms with Gasteiger partial charge in [-0.25, -0.2) is 4.98 Å². The molecule has 2 heterocycles. The maximum absolute atomic E-state index is 6.62. The zero-order valence-corrected chi connectivity index (χ0v) is 18.0. The fraction of sp³-hybridized carbons (Fsp3) is 0.429. The number of pyridine rings is 1. The third-order valence-electron chi connectivity index (χ3n) is 3.93. The van der Waals surface area contributed by atoms with Gasteiger partial charge in [0.1, 0.15) is 35.1 Å². The molecule has 0 radical (unpaired) electrons. The van der Waals surface area contributed by atoms with Crippen molar-refractivity contribution in [3.8, 4) is 22.9 Å². The van der Waals surface area contributed by atoms with E-state index in [4.69, 9.17) is 35.2 Å². The van der Waals surface area contributed by atoms with Gasteiger partial charge in [-0.3, -0.25) is 0 Å². The van der Waals surface area contributed by atoms with Gasteiger partial charge in [0.15, 0.2) is 0 Å². The van der Waals surface area contributed by atoms with E-state index in [0.717, 1.165) is 5.39 Å². The summed E-state index contributed by atoms with van der Waals surface area (Å²) in [4.78, 5) is 9.19. The standard InChI is InChI=1S/C21H26ClN3O4/c1-12(2)23-21-25-16(11-28-21)15-10-18(29-13(3)4)14-6-7-17(27-9-8-26-5)19(22)20(14)24-15/h6-7,10-13H,8-9H2,1-5H3,(H,23,25). The predicted molar refractivity (Wildman–Crippen MR) is 114 cm³/mol. The average Bonchev–Trinajstić information content (AvgIpc) is 3.11. The molecule has 3 aromatic rings. The Morgan fingerprint density at radius 2 is 1.86 bits per heavy atom. The number of hydrogen-bond donors (Lipinski definition) is 1. The van der Waals surface area contributed by atoms with Gasteiger partial charge in [-0.2, -0.15) is 4.98 Å². The van der Waals surface area contributed by atoms with Crippen molar-refractivity contribution in [3.05, 3.63) is 29.5 Å². The molecular weight excluding hydrogens is 394 g/mol. The maximum Gasteiger partial charge on any atom is 0.295 e. The van der Waals surface area contributed by atoms with Crippen LogP contribution in [0.1, 0.15) is 27.7 Å². The van der Waals surface area contributed by atoms with Gasteiger partial charge in [-0.1, -0.05) is 11.6 Å². The number of methoxy groups -OCH3 is 1. The third-order valence-corrected chi connectivity index (χ3v) is 4.30. The van der Waals surface area contributed by atoms with Crippen LogP contribution in [0.3, 0.4) is 0 Å². The summed E-state index contributed by atoms with van der Waals surface area (Å²) in [6.45, 7) is 8.82. The van der Waals surface area contributed by atoms with Crippen LogP contribution in [0, 0.1) is 0 Å². The second-order valence-electron chi connectivity index (χ2n) is 7.12. The minimum absolute atomic E-state index is 0.0136. The highest BCUT2D eigenvalue weighted by molar-refractivity contribution is 6.36. The molecule has 0 aliphatic carbocycles. The van der Waals surface area contributed by atoms with E-state index in [1.165, 1.54) is 0 Å². The van der Waals surface area contributed by atoms with Gasteiger partial charge in [0.25, 0.3) is 6.01 Å². The lowest BCUT2D eigenvalue weighted by molar-refractivity contribution is 0.146. The first-order chi connectivity index (χ1) is 13.9. The monoisotopic (exact) mass is 419 g/mol. The normalized spacial score (nSPS) is 11.4. The van der Waals surface area contributed by atoms with E-state index in [0.29, 0.717) is 52.7 Å². The lowest BCUT2D eigenvalue weighted by Crippen LogP contribution is -2.09. The number of oxazole rings is 1. The SMILES string of the molecule is COCCOc1ccc2c(OC(C)C)cc(-c3coc(NC(C)C)n3)nc2c1Cl. The number of aromatic nitrogens is 2. The van der Waals surface area contributed by atoms with Crippen LogP contribution in [0.25, 0.3) is 22.3 Å². The second-order valence-corrected chi connectivity index (χ2v) is 7.50. The van der Waals surface area contributed by atoms with E-state index in [9.17, 15) is 0 Å². The molecule has 0 spiro atoms. The van der Waals surface area contributed by atoms with Gasteiger partial charge in [-0.15, -0.1) is 0 Å². The Hall–Kier alpha value is -2.51. The molecule has 0 saturated heterocycles. The molecule has 0 saturated carbocycles. The van der Waals surface area contributed by atoms with Crippen LogP contribution in [-0.2, 0) is 4.74 Å². The number of hydrogen-bond acceptors (Lipinski definition) is 7. The topological polar surface area (TPSA) is 78.6 Å². The molecule has 0 aliphatic heterocycles. The van der Waals surface area contributed by atoms with Crippen molar-refractivity contribution in [2.24, 2.45) is 0 Å². The number of nitrogens with one attached hydrogen (secondary N) is 1. The minimum atomic E-state index is -0.0136. The number of ether oxygens (including phenoxy) is 3. The summed E-state index contributed by atoms with van der Waals surface area (Å²) in [5.41, 5.74) is 1.77. The van der Waals surface area contributed by atoms with Crippen LogP contribution >= 0.6 is 11.6 Å². The Balaban J connectivity index is 2.07. The predicted octanol–water partition coefficient (Wildman–Crippen LogP) is 5.18. The summed E-state index contributed by atoms with van der Waals surface area (Å²) >= 11 is 6.62. The molecule has 1 N–H and O–H groups in total. The summed E-state index contributed by atoms with van der Waals surface area (Å²) in [5.74, 6) is 1.21. The van der Waals surface area contributed by atoms with Gasteiger partial charge < -0.3 is 23.9 Å². The number of nitrogens with zero attached hydrogens (tertiary/aromatic N) is 2. The van der Waals surface area contributed by atoms with Crippen molar-refractivity contribution >= 4 is 28.5 Å². The number of benzene rings is 1. The highest BCUT2D eigenvalue weighted by Crippen LogP contribution is 2.38. The van der Waals surface area contributed by atoms with Crippen LogP contribution in [0.15, 0.2) is 28.9 Å². The molecule has 0 bridgehead atoms. The molecule has 0 amide bonds. The number of halogens is 1. The van der Waals surface area contributed by atoms with Gasteiger partial charge in [0, 0.05) is 24.6 Å². The van der Waals surface area contributed by atoms with Crippen molar-refractivity contribution < 1.29 is 18.6 Å². The molecule has 0 aliphatic rings. The first kappa shape index (κ1) is 21.2. The Labute approximate surface area is 175 Å². The van der Waals surface area contributed by atoms with Crippen LogP contribution in [0.5, 0.6) is 11.5 Å². The van der Waals surface area contributed by atoms with Gasteiger partial charge >= 0.3 is 0 Å². The van der Waals surface area contributed by atoms with E-state index in [1.807, 2.05) is 45.9 Å². The summed E-state index contributed by atoms with van der Waals surface area (Å²) in [6.07, 6.45) is 1.55. The van der Waals surface area contributed by atoms with Crippen LogP contribution in [-0.4, -0.2) is 42.4 Å². The quantitative estimate of drug-likeness (QED) is 0.479. The van der Waals surface area contributed by atoms with E-state index >= 15 is 0 Å². The van der Waals surface area contributed by atoms with Crippen LogP contribution in [0.2, 0.25) is 5.02 Å². The fourth-order valence-electron chi connectivity index (χ4n) is 2.74. The van der Waals surface area contributed by atoms with Crippen LogP contribution < -0.4 is 14.8 Å². The van der Waals surface area contributed by atoms with E-state index < -0.39 is 0 Å². The summed E-state index contributed by atoms with van der Waals surface area (Å²) in [5, 5.41) is 4.35. The first-order valence-electron chi connectivity index (χ1n) is 9.53. The Morgan fingerprint density at radius 3 is 2.55 bits per heavy atom. The average molecular weight is 420 g/mol. The Bertz CT molecular complexity index is 972. The molecule has 8 heteroatoms. The first-order valence-corrected chi connectivity index (χ1v) is 9.91. The van der Waals surface area contributed by atoms with Gasteiger partial charge in [0.2, 0.25) is 0 Å². The van der Waals surface area contributed by atoms with E-state index in [2.05, 4.69) is 10.3 Å². The molecule has 156 valence electrons. The van der Waals surface area contributed by atoms with Gasteiger partial charge in [-0.05, 0) is 39.8 Å². The summed E-state index contributed by atoms with van der Waals surface area (Å²) in [7, 11) is 1.62. The lowest BCUT2D eigenvalue weighted by atomic mass is 10.1. The van der Waals surface area contributed by atoms with Crippen LogP contribution in [0.4, 0.5) is 6.01 Å². The number of anilines is 1. The summed E-state index contributed by atoms with van der Waals surface area (Å²) in [6, 6.07) is 6.20. The maximum atomic E-state index is 6.62. The highest BCUT2D eigenvalue weighted by Gasteiger charge is 2.17. The molecule has 2 aromatic heterocycles. The minimum Gasteiger partial charge on any atom is -0.490 e.